The summed E-state index contributed by atoms with van der Waals surface area (Å²) in [5.41, 5.74) is 9.81. The van der Waals surface area contributed by atoms with Crippen molar-refractivity contribution >= 4 is 27.3 Å². The minimum atomic E-state index is 0.0844. The van der Waals surface area contributed by atoms with Crippen molar-refractivity contribution in [2.75, 3.05) is 0 Å². The first kappa shape index (κ1) is 11.4. The SMILES string of the molecule is CCC(N)c1nc2c(s1)Cc1c(Br)cccc1-2. The zero-order chi connectivity index (χ0) is 12.0. The Morgan fingerprint density at radius 2 is 2.35 bits per heavy atom. The Bertz CT molecular complexity index is 577. The molecule has 2 aromatic rings. The van der Waals surface area contributed by atoms with Crippen LogP contribution in [0.4, 0.5) is 0 Å². The van der Waals surface area contributed by atoms with E-state index in [0.717, 1.165) is 23.5 Å². The van der Waals surface area contributed by atoms with Crippen molar-refractivity contribution in [3.05, 3.63) is 38.1 Å². The van der Waals surface area contributed by atoms with E-state index in [4.69, 9.17) is 10.7 Å². The summed E-state index contributed by atoms with van der Waals surface area (Å²) in [6, 6.07) is 6.39. The van der Waals surface area contributed by atoms with Gasteiger partial charge < -0.3 is 5.73 Å². The molecule has 88 valence electrons. The van der Waals surface area contributed by atoms with Crippen LogP contribution in [0.2, 0.25) is 0 Å². The summed E-state index contributed by atoms with van der Waals surface area (Å²) in [5, 5.41) is 1.07. The van der Waals surface area contributed by atoms with E-state index in [1.165, 1.54) is 20.5 Å². The maximum absolute atomic E-state index is 6.04. The average Bonchev–Trinajstić information content (AvgIpc) is 2.87. The van der Waals surface area contributed by atoms with Crippen molar-refractivity contribution < 1.29 is 0 Å². The molecule has 1 aliphatic carbocycles. The predicted octanol–water partition coefficient (Wildman–Crippen LogP) is 3.89. The number of hydrogen-bond donors (Lipinski definition) is 1. The number of nitrogens with zero attached hydrogens (tertiary/aromatic N) is 1. The summed E-state index contributed by atoms with van der Waals surface area (Å²) >= 11 is 5.37. The van der Waals surface area contributed by atoms with Crippen LogP contribution < -0.4 is 5.73 Å². The second-order valence-electron chi connectivity index (χ2n) is 4.28. The van der Waals surface area contributed by atoms with E-state index in [2.05, 4.69) is 41.1 Å². The van der Waals surface area contributed by atoms with E-state index in [-0.39, 0.29) is 6.04 Å². The van der Waals surface area contributed by atoms with Crippen molar-refractivity contribution in [3.8, 4) is 11.3 Å². The maximum Gasteiger partial charge on any atom is 0.110 e. The van der Waals surface area contributed by atoms with Gasteiger partial charge in [-0.1, -0.05) is 35.0 Å². The number of benzene rings is 1. The minimum absolute atomic E-state index is 0.0844. The Labute approximate surface area is 113 Å². The first-order valence-electron chi connectivity index (χ1n) is 5.73. The van der Waals surface area contributed by atoms with Gasteiger partial charge in [0.25, 0.3) is 0 Å². The second-order valence-corrected chi connectivity index (χ2v) is 6.25. The third-order valence-corrected chi connectivity index (χ3v) is 5.11. The Morgan fingerprint density at radius 1 is 1.53 bits per heavy atom. The van der Waals surface area contributed by atoms with Crippen LogP contribution in [0, 0.1) is 0 Å². The van der Waals surface area contributed by atoms with E-state index in [0.29, 0.717) is 0 Å². The summed E-state index contributed by atoms with van der Waals surface area (Å²) in [4.78, 5) is 6.07. The fourth-order valence-electron chi connectivity index (χ4n) is 2.15. The van der Waals surface area contributed by atoms with Crippen molar-refractivity contribution in [2.24, 2.45) is 5.73 Å². The Morgan fingerprint density at radius 3 is 3.12 bits per heavy atom. The molecule has 0 saturated carbocycles. The maximum atomic E-state index is 6.04. The topological polar surface area (TPSA) is 38.9 Å². The highest BCUT2D eigenvalue weighted by molar-refractivity contribution is 9.10. The highest BCUT2D eigenvalue weighted by Crippen LogP contribution is 2.43. The number of hydrogen-bond acceptors (Lipinski definition) is 3. The summed E-state index contributed by atoms with van der Waals surface area (Å²) in [6.07, 6.45) is 1.93. The van der Waals surface area contributed by atoms with E-state index in [9.17, 15) is 0 Å². The largest absolute Gasteiger partial charge is 0.322 e. The van der Waals surface area contributed by atoms with Crippen LogP contribution in [0.3, 0.4) is 0 Å². The zero-order valence-electron chi connectivity index (χ0n) is 9.53. The van der Waals surface area contributed by atoms with Gasteiger partial charge in [0.2, 0.25) is 0 Å². The van der Waals surface area contributed by atoms with Crippen LogP contribution in [0.25, 0.3) is 11.3 Å². The predicted molar refractivity (Wildman–Crippen MR) is 75.3 cm³/mol. The van der Waals surface area contributed by atoms with Gasteiger partial charge in [0.1, 0.15) is 5.01 Å². The summed E-state index contributed by atoms with van der Waals surface area (Å²) < 4.78 is 1.18. The number of rotatable bonds is 2. The molecule has 2 N–H and O–H groups in total. The van der Waals surface area contributed by atoms with Gasteiger partial charge in [-0.15, -0.1) is 11.3 Å². The van der Waals surface area contributed by atoms with Crippen LogP contribution in [0.5, 0.6) is 0 Å². The van der Waals surface area contributed by atoms with Crippen molar-refractivity contribution in [1.82, 2.24) is 4.98 Å². The highest BCUT2D eigenvalue weighted by Gasteiger charge is 2.25. The number of nitrogens with two attached hydrogens (primary N) is 1. The molecule has 1 aromatic heterocycles. The molecule has 0 fully saturated rings. The van der Waals surface area contributed by atoms with Gasteiger partial charge in [0.05, 0.1) is 11.7 Å². The van der Waals surface area contributed by atoms with E-state index in [1.54, 1.807) is 11.3 Å². The fourth-order valence-corrected chi connectivity index (χ4v) is 3.84. The molecular formula is C13H13BrN2S. The van der Waals surface area contributed by atoms with Crippen LogP contribution >= 0.6 is 27.3 Å². The number of fused-ring (bicyclic) bond motifs is 3. The van der Waals surface area contributed by atoms with E-state index < -0.39 is 0 Å². The molecule has 2 nitrogen and oxygen atoms in total. The van der Waals surface area contributed by atoms with Crippen molar-refractivity contribution in [1.29, 1.82) is 0 Å². The molecule has 1 unspecified atom stereocenters. The van der Waals surface area contributed by atoms with Gasteiger partial charge in [-0.05, 0) is 18.1 Å². The molecule has 0 spiro atoms. The Balaban J connectivity index is 2.09. The lowest BCUT2D eigenvalue weighted by molar-refractivity contribution is 0.693. The number of thiazole rings is 1. The molecule has 0 bridgehead atoms. The third-order valence-electron chi connectivity index (χ3n) is 3.18. The smallest absolute Gasteiger partial charge is 0.110 e. The zero-order valence-corrected chi connectivity index (χ0v) is 11.9. The fraction of sp³-hybridized carbons (Fsp3) is 0.308. The highest BCUT2D eigenvalue weighted by atomic mass is 79.9. The monoisotopic (exact) mass is 308 g/mol. The molecular weight excluding hydrogens is 296 g/mol. The molecule has 0 radical (unpaired) electrons. The molecule has 0 amide bonds. The third kappa shape index (κ3) is 1.75. The molecule has 0 saturated heterocycles. The first-order valence-corrected chi connectivity index (χ1v) is 7.34. The lowest BCUT2D eigenvalue weighted by Crippen LogP contribution is -2.07. The second kappa shape index (κ2) is 4.19. The van der Waals surface area contributed by atoms with Crippen molar-refractivity contribution in [3.63, 3.8) is 0 Å². The van der Waals surface area contributed by atoms with Gasteiger partial charge in [-0.25, -0.2) is 4.98 Å². The molecule has 17 heavy (non-hydrogen) atoms. The van der Waals surface area contributed by atoms with E-state index in [1.807, 2.05) is 0 Å². The first-order chi connectivity index (χ1) is 8.20. The molecule has 1 atom stereocenters. The van der Waals surface area contributed by atoms with Crippen molar-refractivity contribution in [2.45, 2.75) is 25.8 Å². The van der Waals surface area contributed by atoms with Crippen LogP contribution in [-0.4, -0.2) is 4.98 Å². The summed E-state index contributed by atoms with van der Waals surface area (Å²) in [6.45, 7) is 2.10. The Kier molecular flexibility index (Phi) is 2.81. The lowest BCUT2D eigenvalue weighted by Gasteiger charge is -2.05. The van der Waals surface area contributed by atoms with Gasteiger partial charge in [0, 0.05) is 21.3 Å². The quantitative estimate of drug-likeness (QED) is 0.780. The molecule has 1 aromatic carbocycles. The van der Waals surface area contributed by atoms with Crippen LogP contribution in [0.15, 0.2) is 22.7 Å². The normalized spacial score (nSPS) is 14.5. The Hall–Kier alpha value is -0.710. The standard InChI is InChI=1S/C13H13BrN2S/c1-2-10(15)13-16-12-7-4-3-5-9(14)8(7)6-11(12)17-13/h3-5,10H,2,6,15H2,1H3. The summed E-state index contributed by atoms with van der Waals surface area (Å²) in [7, 11) is 0. The molecule has 1 aliphatic rings. The molecule has 4 heteroatoms. The average molecular weight is 309 g/mol. The lowest BCUT2D eigenvalue weighted by atomic mass is 10.1. The minimum Gasteiger partial charge on any atom is -0.322 e. The number of halogens is 1. The summed E-state index contributed by atoms with van der Waals surface area (Å²) in [5.74, 6) is 0. The van der Waals surface area contributed by atoms with Gasteiger partial charge in [0.15, 0.2) is 0 Å². The molecule has 1 heterocycles. The van der Waals surface area contributed by atoms with Crippen LogP contribution in [-0.2, 0) is 6.42 Å². The van der Waals surface area contributed by atoms with Gasteiger partial charge in [-0.3, -0.25) is 0 Å². The molecule has 0 aliphatic heterocycles. The van der Waals surface area contributed by atoms with Crippen LogP contribution in [0.1, 0.15) is 34.8 Å². The number of aromatic nitrogens is 1. The van der Waals surface area contributed by atoms with Gasteiger partial charge >= 0.3 is 0 Å². The van der Waals surface area contributed by atoms with Gasteiger partial charge in [-0.2, -0.15) is 0 Å². The molecule has 3 rings (SSSR count). The van der Waals surface area contributed by atoms with E-state index >= 15 is 0 Å².